The fourth-order valence-electron chi connectivity index (χ4n) is 2.60. The number of pyridine rings is 1. The van der Waals surface area contributed by atoms with Gasteiger partial charge in [0.05, 0.1) is 11.0 Å². The van der Waals surface area contributed by atoms with Crippen LogP contribution in [-0.2, 0) is 6.54 Å². The average molecular weight is 286 g/mol. The highest BCUT2D eigenvalue weighted by atomic mass is 14.9. The van der Waals surface area contributed by atoms with E-state index in [0.29, 0.717) is 0 Å². The number of nitrogens with zero attached hydrogens (tertiary/aromatic N) is 2. The number of hydrogen-bond donors (Lipinski definition) is 1. The Morgan fingerprint density at radius 2 is 1.55 bits per heavy atom. The molecular weight excluding hydrogens is 270 g/mol. The number of imidazole rings is 1. The van der Waals surface area contributed by atoms with E-state index in [1.165, 1.54) is 5.56 Å². The molecule has 106 valence electrons. The van der Waals surface area contributed by atoms with Crippen LogP contribution in [0.4, 0.5) is 0 Å². The zero-order valence-electron chi connectivity index (χ0n) is 12.1. The van der Waals surface area contributed by atoms with Crippen LogP contribution in [0.15, 0.2) is 79.1 Å². The molecule has 0 fully saturated rings. The standard InChI is InChI=1S/C19H15N3/c1-2-6-15(7-3-1)14-22-12-10-16(11-13-22)19-20-17-8-4-5-9-18(17)21-19/h1-13H,14H2/p+1. The van der Waals surface area contributed by atoms with Crippen LogP contribution in [0.5, 0.6) is 0 Å². The van der Waals surface area contributed by atoms with Crippen LogP contribution in [0.1, 0.15) is 5.56 Å². The number of aromatic amines is 1. The van der Waals surface area contributed by atoms with Gasteiger partial charge in [-0.3, -0.25) is 0 Å². The number of fused-ring (bicyclic) bond motifs is 1. The second-order valence-corrected chi connectivity index (χ2v) is 5.35. The number of para-hydroxylation sites is 2. The molecule has 4 rings (SSSR count). The maximum absolute atomic E-state index is 4.63. The topological polar surface area (TPSA) is 32.6 Å². The Labute approximate surface area is 128 Å². The lowest BCUT2D eigenvalue weighted by Crippen LogP contribution is -2.32. The molecule has 0 bridgehead atoms. The fraction of sp³-hybridized carbons (Fsp3) is 0.0526. The molecule has 2 aromatic carbocycles. The largest absolute Gasteiger partial charge is 0.338 e. The van der Waals surface area contributed by atoms with Gasteiger partial charge in [-0.1, -0.05) is 42.5 Å². The van der Waals surface area contributed by atoms with E-state index < -0.39 is 0 Å². The van der Waals surface area contributed by atoms with Crippen LogP contribution in [0.2, 0.25) is 0 Å². The molecule has 4 aromatic rings. The molecule has 2 heterocycles. The first-order chi connectivity index (χ1) is 10.9. The van der Waals surface area contributed by atoms with Gasteiger partial charge in [-0.2, -0.15) is 0 Å². The smallest absolute Gasteiger partial charge is 0.173 e. The summed E-state index contributed by atoms with van der Waals surface area (Å²) in [6.07, 6.45) is 4.19. The van der Waals surface area contributed by atoms with E-state index in [4.69, 9.17) is 0 Å². The van der Waals surface area contributed by atoms with Gasteiger partial charge < -0.3 is 4.98 Å². The van der Waals surface area contributed by atoms with Crippen LogP contribution in [0.25, 0.3) is 22.4 Å². The molecule has 0 saturated heterocycles. The van der Waals surface area contributed by atoms with E-state index in [1.807, 2.05) is 30.3 Å². The molecule has 0 spiro atoms. The van der Waals surface area contributed by atoms with E-state index >= 15 is 0 Å². The Morgan fingerprint density at radius 3 is 2.32 bits per heavy atom. The Morgan fingerprint density at radius 1 is 0.818 bits per heavy atom. The van der Waals surface area contributed by atoms with Crippen molar-refractivity contribution in [1.82, 2.24) is 9.97 Å². The van der Waals surface area contributed by atoms with E-state index in [2.05, 4.69) is 63.3 Å². The van der Waals surface area contributed by atoms with Crippen molar-refractivity contribution < 1.29 is 4.57 Å². The van der Waals surface area contributed by atoms with Gasteiger partial charge in [0.1, 0.15) is 5.82 Å². The quantitative estimate of drug-likeness (QED) is 0.574. The first-order valence-corrected chi connectivity index (χ1v) is 7.37. The minimum absolute atomic E-state index is 0.876. The van der Waals surface area contributed by atoms with Crippen LogP contribution in [-0.4, -0.2) is 9.97 Å². The summed E-state index contributed by atoms with van der Waals surface area (Å²) < 4.78 is 2.17. The van der Waals surface area contributed by atoms with Crippen molar-refractivity contribution in [3.63, 3.8) is 0 Å². The summed E-state index contributed by atoms with van der Waals surface area (Å²) in [6, 6.07) is 22.7. The highest BCUT2D eigenvalue weighted by Gasteiger charge is 2.07. The van der Waals surface area contributed by atoms with E-state index in [0.717, 1.165) is 29.0 Å². The lowest BCUT2D eigenvalue weighted by atomic mass is 10.2. The van der Waals surface area contributed by atoms with Crippen molar-refractivity contribution in [3.8, 4) is 11.4 Å². The predicted octanol–water partition coefficient (Wildman–Crippen LogP) is 3.57. The SMILES string of the molecule is c1ccc(C[n+]2ccc(-c3nc4ccccc4[nH]3)cc2)cc1. The monoisotopic (exact) mass is 286 g/mol. The second kappa shape index (κ2) is 5.45. The Kier molecular flexibility index (Phi) is 3.16. The van der Waals surface area contributed by atoms with Crippen molar-refractivity contribution in [2.75, 3.05) is 0 Å². The molecular formula is C19H16N3+. The van der Waals surface area contributed by atoms with Crippen LogP contribution >= 0.6 is 0 Å². The summed E-state index contributed by atoms with van der Waals surface area (Å²) in [7, 11) is 0. The maximum Gasteiger partial charge on any atom is 0.173 e. The van der Waals surface area contributed by atoms with E-state index in [9.17, 15) is 0 Å². The number of nitrogens with one attached hydrogen (secondary N) is 1. The molecule has 3 heteroatoms. The fourth-order valence-corrected chi connectivity index (χ4v) is 2.60. The van der Waals surface area contributed by atoms with Crippen molar-refractivity contribution >= 4 is 11.0 Å². The molecule has 0 aliphatic heterocycles. The van der Waals surface area contributed by atoms with Gasteiger partial charge in [0, 0.05) is 23.3 Å². The zero-order chi connectivity index (χ0) is 14.8. The third kappa shape index (κ3) is 2.49. The van der Waals surface area contributed by atoms with Crippen LogP contribution in [0.3, 0.4) is 0 Å². The summed E-state index contributed by atoms with van der Waals surface area (Å²) in [5, 5.41) is 0. The van der Waals surface area contributed by atoms with Crippen LogP contribution in [0, 0.1) is 0 Å². The van der Waals surface area contributed by atoms with E-state index in [1.54, 1.807) is 0 Å². The molecule has 0 saturated carbocycles. The lowest BCUT2D eigenvalue weighted by molar-refractivity contribution is -0.688. The molecule has 1 N–H and O–H groups in total. The predicted molar refractivity (Wildman–Crippen MR) is 87.3 cm³/mol. The van der Waals surface area contributed by atoms with Gasteiger partial charge in [-0.15, -0.1) is 0 Å². The van der Waals surface area contributed by atoms with Gasteiger partial charge in [0.2, 0.25) is 0 Å². The molecule has 0 radical (unpaired) electrons. The maximum atomic E-state index is 4.63. The molecule has 22 heavy (non-hydrogen) atoms. The number of hydrogen-bond acceptors (Lipinski definition) is 1. The van der Waals surface area contributed by atoms with Crippen LogP contribution < -0.4 is 4.57 Å². The highest BCUT2D eigenvalue weighted by molar-refractivity contribution is 5.78. The minimum Gasteiger partial charge on any atom is -0.338 e. The number of H-pyrrole nitrogens is 1. The second-order valence-electron chi connectivity index (χ2n) is 5.35. The number of benzene rings is 2. The molecule has 2 aromatic heterocycles. The molecule has 0 aliphatic carbocycles. The Balaban J connectivity index is 1.61. The first-order valence-electron chi connectivity index (χ1n) is 7.37. The van der Waals surface area contributed by atoms with Gasteiger partial charge in [-0.25, -0.2) is 9.55 Å². The summed E-state index contributed by atoms with van der Waals surface area (Å²) >= 11 is 0. The van der Waals surface area contributed by atoms with Crippen molar-refractivity contribution in [3.05, 3.63) is 84.7 Å². The molecule has 0 aliphatic rings. The molecule has 3 nitrogen and oxygen atoms in total. The van der Waals surface area contributed by atoms with Crippen molar-refractivity contribution in [1.29, 1.82) is 0 Å². The summed E-state index contributed by atoms with van der Waals surface area (Å²) in [6.45, 7) is 0.876. The molecule has 0 amide bonds. The summed E-state index contributed by atoms with van der Waals surface area (Å²) in [4.78, 5) is 7.99. The minimum atomic E-state index is 0.876. The normalized spacial score (nSPS) is 10.9. The van der Waals surface area contributed by atoms with Crippen molar-refractivity contribution in [2.24, 2.45) is 0 Å². The van der Waals surface area contributed by atoms with Gasteiger partial charge >= 0.3 is 0 Å². The highest BCUT2D eigenvalue weighted by Crippen LogP contribution is 2.18. The third-order valence-corrected chi connectivity index (χ3v) is 3.76. The molecule has 0 unspecified atom stereocenters. The molecule has 0 atom stereocenters. The van der Waals surface area contributed by atoms with Gasteiger partial charge in [-0.05, 0) is 12.1 Å². The van der Waals surface area contributed by atoms with Crippen molar-refractivity contribution in [2.45, 2.75) is 6.54 Å². The number of aromatic nitrogens is 3. The third-order valence-electron chi connectivity index (χ3n) is 3.76. The van der Waals surface area contributed by atoms with Gasteiger partial charge in [0.15, 0.2) is 18.9 Å². The first kappa shape index (κ1) is 12.8. The lowest BCUT2D eigenvalue weighted by Gasteiger charge is -1.99. The van der Waals surface area contributed by atoms with E-state index in [-0.39, 0.29) is 0 Å². The summed E-state index contributed by atoms with van der Waals surface area (Å²) in [5.41, 5.74) is 4.46. The van der Waals surface area contributed by atoms with Gasteiger partial charge in [0.25, 0.3) is 0 Å². The zero-order valence-corrected chi connectivity index (χ0v) is 12.1. The number of rotatable bonds is 3. The summed E-state index contributed by atoms with van der Waals surface area (Å²) in [5.74, 6) is 0.910. The average Bonchev–Trinajstić information content (AvgIpc) is 3.00. The Hall–Kier alpha value is -2.94. The Bertz CT molecular complexity index is 860.